The van der Waals surface area contributed by atoms with Crippen LogP contribution in [0.1, 0.15) is 30.5 Å². The second-order valence-electron chi connectivity index (χ2n) is 6.65. The number of hydrogen-bond acceptors (Lipinski definition) is 4. The fourth-order valence-electron chi connectivity index (χ4n) is 3.91. The van der Waals surface area contributed by atoms with Crippen molar-refractivity contribution in [3.8, 4) is 11.3 Å². The van der Waals surface area contributed by atoms with Gasteiger partial charge in [-0.15, -0.1) is 0 Å². The lowest BCUT2D eigenvalue weighted by molar-refractivity contribution is 0.0210. The van der Waals surface area contributed by atoms with E-state index in [2.05, 4.69) is 22.1 Å². The lowest BCUT2D eigenvalue weighted by atomic mass is 9.79. The molecule has 4 heterocycles. The predicted octanol–water partition coefficient (Wildman–Crippen LogP) is 2.69. The third-order valence-corrected chi connectivity index (χ3v) is 5.28. The van der Waals surface area contributed by atoms with Gasteiger partial charge in [0.05, 0.1) is 6.20 Å². The van der Waals surface area contributed by atoms with Crippen molar-refractivity contribution >= 4 is 5.91 Å². The van der Waals surface area contributed by atoms with Gasteiger partial charge in [0.25, 0.3) is 5.89 Å². The molecule has 3 fully saturated rings. The Hall–Kier alpha value is -2.21. The van der Waals surface area contributed by atoms with E-state index in [1.54, 1.807) is 12.1 Å². The van der Waals surface area contributed by atoms with Crippen LogP contribution < -0.4 is 5.32 Å². The summed E-state index contributed by atoms with van der Waals surface area (Å²) in [6, 6.07) is 6.51. The van der Waals surface area contributed by atoms with Crippen LogP contribution in [0, 0.1) is 11.7 Å². The minimum Gasteiger partial charge on any atom is -0.432 e. The number of aromatic nitrogens is 1. The fraction of sp³-hybridized carbons (Fsp3) is 0.444. The van der Waals surface area contributed by atoms with Gasteiger partial charge in [-0.05, 0) is 50.9 Å². The highest BCUT2D eigenvalue weighted by Gasteiger charge is 2.40. The molecular weight excluding hydrogens is 309 g/mol. The molecule has 3 saturated heterocycles. The molecule has 1 aromatic carbocycles. The molecular formula is C18H20FN3O2. The third-order valence-electron chi connectivity index (χ3n) is 5.28. The maximum Gasteiger partial charge on any atom is 0.307 e. The molecule has 0 aliphatic carbocycles. The van der Waals surface area contributed by atoms with Gasteiger partial charge < -0.3 is 9.73 Å². The lowest BCUT2D eigenvalue weighted by Gasteiger charge is -2.49. The van der Waals surface area contributed by atoms with Crippen LogP contribution in [0.5, 0.6) is 0 Å². The maximum atomic E-state index is 13.3. The van der Waals surface area contributed by atoms with Crippen molar-refractivity contribution in [2.24, 2.45) is 5.92 Å². The van der Waals surface area contributed by atoms with E-state index in [4.69, 9.17) is 4.42 Å². The van der Waals surface area contributed by atoms with Gasteiger partial charge in [-0.1, -0.05) is 12.1 Å². The zero-order valence-corrected chi connectivity index (χ0v) is 13.5. The molecule has 1 aromatic heterocycles. The summed E-state index contributed by atoms with van der Waals surface area (Å²) < 4.78 is 18.9. The van der Waals surface area contributed by atoms with Gasteiger partial charge in [-0.2, -0.15) is 0 Å². The quantitative estimate of drug-likeness (QED) is 0.941. The summed E-state index contributed by atoms with van der Waals surface area (Å²) in [6.45, 7) is 4.38. The monoisotopic (exact) mass is 329 g/mol. The Balaban J connectivity index is 1.49. The highest BCUT2D eigenvalue weighted by molar-refractivity contribution is 5.90. The van der Waals surface area contributed by atoms with Gasteiger partial charge in [0.2, 0.25) is 0 Å². The summed E-state index contributed by atoms with van der Waals surface area (Å²) in [7, 11) is 0. The topological polar surface area (TPSA) is 58.4 Å². The molecule has 0 spiro atoms. The molecule has 0 radical (unpaired) electrons. The number of piperidine rings is 3. The third kappa shape index (κ3) is 2.71. The molecule has 3 aliphatic rings. The molecule has 2 atom stereocenters. The normalized spacial score (nSPS) is 28.8. The SMILES string of the molecule is C[C@H]1[C@H](NC(=O)c2ncc(-c3cccc(F)c3)o2)C2CCN1CC2. The van der Waals surface area contributed by atoms with E-state index in [1.165, 1.54) is 18.3 Å². The molecule has 2 aromatic rings. The molecule has 3 aliphatic heterocycles. The van der Waals surface area contributed by atoms with Crippen molar-refractivity contribution < 1.29 is 13.6 Å². The fourth-order valence-corrected chi connectivity index (χ4v) is 3.91. The van der Waals surface area contributed by atoms with Gasteiger partial charge in [-0.25, -0.2) is 9.37 Å². The van der Waals surface area contributed by atoms with Crippen LogP contribution in [0.2, 0.25) is 0 Å². The van der Waals surface area contributed by atoms with E-state index in [1.807, 2.05) is 0 Å². The molecule has 24 heavy (non-hydrogen) atoms. The minimum absolute atomic E-state index is 0.0258. The molecule has 0 saturated carbocycles. The van der Waals surface area contributed by atoms with Crippen molar-refractivity contribution in [3.63, 3.8) is 0 Å². The molecule has 5 rings (SSSR count). The second-order valence-corrected chi connectivity index (χ2v) is 6.65. The summed E-state index contributed by atoms with van der Waals surface area (Å²) in [5.41, 5.74) is 0.567. The van der Waals surface area contributed by atoms with Crippen LogP contribution in [0.4, 0.5) is 4.39 Å². The number of carbonyl (C=O) groups excluding carboxylic acids is 1. The Morgan fingerprint density at radius 2 is 2.17 bits per heavy atom. The Labute approximate surface area is 139 Å². The van der Waals surface area contributed by atoms with E-state index in [-0.39, 0.29) is 23.7 Å². The molecule has 2 bridgehead atoms. The van der Waals surface area contributed by atoms with Crippen LogP contribution in [0.15, 0.2) is 34.9 Å². The zero-order valence-electron chi connectivity index (χ0n) is 13.5. The summed E-state index contributed by atoms with van der Waals surface area (Å²) in [6.07, 6.45) is 3.70. The van der Waals surface area contributed by atoms with E-state index >= 15 is 0 Å². The number of amides is 1. The largest absolute Gasteiger partial charge is 0.432 e. The van der Waals surface area contributed by atoms with E-state index in [9.17, 15) is 9.18 Å². The number of benzene rings is 1. The molecule has 126 valence electrons. The summed E-state index contributed by atoms with van der Waals surface area (Å²) >= 11 is 0. The van der Waals surface area contributed by atoms with Gasteiger partial charge in [-0.3, -0.25) is 9.69 Å². The first kappa shape index (κ1) is 15.3. The first-order chi connectivity index (χ1) is 11.6. The number of carbonyl (C=O) groups is 1. The van der Waals surface area contributed by atoms with Crippen LogP contribution >= 0.6 is 0 Å². The van der Waals surface area contributed by atoms with Crippen LogP contribution in [-0.2, 0) is 0 Å². The second kappa shape index (κ2) is 6.02. The summed E-state index contributed by atoms with van der Waals surface area (Å²) in [4.78, 5) is 19.0. The number of rotatable bonds is 3. The molecule has 6 heteroatoms. The van der Waals surface area contributed by atoms with Crippen LogP contribution in [0.25, 0.3) is 11.3 Å². The molecule has 1 N–H and O–H groups in total. The number of fused-ring (bicyclic) bond motifs is 3. The Kier molecular flexibility index (Phi) is 3.84. The maximum absolute atomic E-state index is 13.3. The number of nitrogens with one attached hydrogen (secondary N) is 1. The average molecular weight is 329 g/mol. The van der Waals surface area contributed by atoms with Crippen LogP contribution in [-0.4, -0.2) is 41.0 Å². The smallest absolute Gasteiger partial charge is 0.307 e. The van der Waals surface area contributed by atoms with E-state index < -0.39 is 0 Å². The van der Waals surface area contributed by atoms with E-state index in [0.717, 1.165) is 25.9 Å². The predicted molar refractivity (Wildman–Crippen MR) is 86.9 cm³/mol. The number of halogens is 1. The van der Waals surface area contributed by atoms with Crippen LogP contribution in [0.3, 0.4) is 0 Å². The molecule has 0 unspecified atom stereocenters. The first-order valence-electron chi connectivity index (χ1n) is 8.38. The lowest BCUT2D eigenvalue weighted by Crippen LogP contribution is -2.62. The molecule has 1 amide bonds. The Morgan fingerprint density at radius 1 is 1.38 bits per heavy atom. The van der Waals surface area contributed by atoms with Crippen molar-refractivity contribution in [1.82, 2.24) is 15.2 Å². The van der Waals surface area contributed by atoms with Crippen molar-refractivity contribution in [2.75, 3.05) is 13.1 Å². The minimum atomic E-state index is -0.351. The van der Waals surface area contributed by atoms with Crippen molar-refractivity contribution in [2.45, 2.75) is 31.8 Å². The van der Waals surface area contributed by atoms with Crippen molar-refractivity contribution in [1.29, 1.82) is 0 Å². The van der Waals surface area contributed by atoms with Crippen molar-refractivity contribution in [3.05, 3.63) is 42.2 Å². The highest BCUT2D eigenvalue weighted by Crippen LogP contribution is 2.32. The molecule has 5 nitrogen and oxygen atoms in total. The Morgan fingerprint density at radius 3 is 2.88 bits per heavy atom. The van der Waals surface area contributed by atoms with Gasteiger partial charge in [0.1, 0.15) is 5.82 Å². The Bertz CT molecular complexity index is 750. The van der Waals surface area contributed by atoms with Gasteiger partial charge in [0, 0.05) is 17.6 Å². The number of nitrogens with zero attached hydrogens (tertiary/aromatic N) is 2. The zero-order chi connectivity index (χ0) is 16.7. The van der Waals surface area contributed by atoms with Gasteiger partial charge >= 0.3 is 5.91 Å². The number of oxazole rings is 1. The number of hydrogen-bond donors (Lipinski definition) is 1. The first-order valence-corrected chi connectivity index (χ1v) is 8.38. The summed E-state index contributed by atoms with van der Waals surface area (Å²) in [5.74, 6) is 0.283. The average Bonchev–Trinajstić information content (AvgIpc) is 3.09. The highest BCUT2D eigenvalue weighted by atomic mass is 19.1. The standard InChI is InChI=1S/C18H20FN3O2/c1-11-16(12-5-7-22(11)8-6-12)21-17(23)18-20-10-15(24-18)13-3-2-4-14(19)9-13/h2-4,9-12,16H,5-8H2,1H3,(H,21,23)/t11-,16-/m0/s1. The van der Waals surface area contributed by atoms with Gasteiger partial charge in [0.15, 0.2) is 5.76 Å². The summed E-state index contributed by atoms with van der Waals surface area (Å²) in [5, 5.41) is 3.08. The van der Waals surface area contributed by atoms with E-state index in [0.29, 0.717) is 23.3 Å².